The first-order valence-electron chi connectivity index (χ1n) is 4.40. The van der Waals surface area contributed by atoms with E-state index in [1.807, 2.05) is 0 Å². The van der Waals surface area contributed by atoms with Gasteiger partial charge in [0.25, 0.3) is 0 Å². The Bertz CT molecular complexity index is 74.0. The van der Waals surface area contributed by atoms with Gasteiger partial charge in [0.15, 0.2) is 0 Å². The SMILES string of the molecule is CCCN[C@H](C)CC(C)C.[HH]. The number of rotatable bonds is 5. The second-order valence-electron chi connectivity index (χ2n) is 3.48. The Kier molecular flexibility index (Phi) is 5.70. The van der Waals surface area contributed by atoms with Crippen LogP contribution in [0, 0.1) is 5.92 Å². The second kappa shape index (κ2) is 5.72. The summed E-state index contributed by atoms with van der Waals surface area (Å²) in [5, 5.41) is 3.46. The van der Waals surface area contributed by atoms with E-state index in [2.05, 4.69) is 33.0 Å². The average molecular weight is 145 g/mol. The van der Waals surface area contributed by atoms with Gasteiger partial charge < -0.3 is 5.32 Å². The maximum atomic E-state index is 3.46. The highest BCUT2D eigenvalue weighted by Crippen LogP contribution is 2.03. The summed E-state index contributed by atoms with van der Waals surface area (Å²) in [6.07, 6.45) is 2.53. The van der Waals surface area contributed by atoms with Crippen molar-refractivity contribution in [2.24, 2.45) is 5.92 Å². The van der Waals surface area contributed by atoms with Gasteiger partial charge in [-0.3, -0.25) is 0 Å². The molecule has 1 heteroatoms. The van der Waals surface area contributed by atoms with E-state index in [9.17, 15) is 0 Å². The minimum Gasteiger partial charge on any atom is -0.314 e. The zero-order chi connectivity index (χ0) is 7.98. The summed E-state index contributed by atoms with van der Waals surface area (Å²) >= 11 is 0. The van der Waals surface area contributed by atoms with Crippen LogP contribution in [0.5, 0.6) is 0 Å². The summed E-state index contributed by atoms with van der Waals surface area (Å²) in [4.78, 5) is 0. The average Bonchev–Trinajstić information content (AvgIpc) is 1.82. The Morgan fingerprint density at radius 1 is 1.30 bits per heavy atom. The molecule has 0 heterocycles. The van der Waals surface area contributed by atoms with Crippen LogP contribution in [0.1, 0.15) is 42.0 Å². The molecule has 0 unspecified atom stereocenters. The predicted octanol–water partition coefficient (Wildman–Crippen LogP) is 2.67. The molecule has 0 aromatic rings. The van der Waals surface area contributed by atoms with Gasteiger partial charge in [-0.25, -0.2) is 0 Å². The smallest absolute Gasteiger partial charge is 0.00411 e. The number of hydrogen-bond donors (Lipinski definition) is 1. The lowest BCUT2D eigenvalue weighted by Gasteiger charge is -2.14. The third kappa shape index (κ3) is 6.09. The Balaban J connectivity index is 0. The molecule has 0 saturated carbocycles. The molecule has 10 heavy (non-hydrogen) atoms. The molecular weight excluding hydrogens is 122 g/mol. The molecule has 0 aromatic carbocycles. The fourth-order valence-electron chi connectivity index (χ4n) is 1.18. The first kappa shape index (κ1) is 9.96. The van der Waals surface area contributed by atoms with Crippen LogP contribution in [0.25, 0.3) is 0 Å². The van der Waals surface area contributed by atoms with Crippen molar-refractivity contribution < 1.29 is 1.43 Å². The molecule has 0 aliphatic carbocycles. The van der Waals surface area contributed by atoms with Gasteiger partial charge in [-0.05, 0) is 32.2 Å². The van der Waals surface area contributed by atoms with Gasteiger partial charge in [-0.2, -0.15) is 0 Å². The number of nitrogens with one attached hydrogen (secondary N) is 1. The minimum absolute atomic E-state index is 0. The van der Waals surface area contributed by atoms with Gasteiger partial charge in [0.1, 0.15) is 0 Å². The molecule has 1 N–H and O–H groups in total. The summed E-state index contributed by atoms with van der Waals surface area (Å²) < 4.78 is 0. The topological polar surface area (TPSA) is 12.0 Å². The summed E-state index contributed by atoms with van der Waals surface area (Å²) in [5.74, 6) is 0.819. The maximum absolute atomic E-state index is 3.46. The van der Waals surface area contributed by atoms with E-state index in [0.717, 1.165) is 12.5 Å². The predicted molar refractivity (Wildman–Crippen MR) is 49.3 cm³/mol. The third-order valence-electron chi connectivity index (χ3n) is 1.57. The first-order valence-corrected chi connectivity index (χ1v) is 4.40. The zero-order valence-electron chi connectivity index (χ0n) is 7.78. The molecule has 0 fully saturated rings. The van der Waals surface area contributed by atoms with Crippen LogP contribution in [0.15, 0.2) is 0 Å². The van der Waals surface area contributed by atoms with E-state index in [0.29, 0.717) is 6.04 Å². The first-order chi connectivity index (χ1) is 4.66. The van der Waals surface area contributed by atoms with Gasteiger partial charge in [-0.1, -0.05) is 20.8 Å². The van der Waals surface area contributed by atoms with Crippen LogP contribution in [0.4, 0.5) is 0 Å². The van der Waals surface area contributed by atoms with Crippen molar-refractivity contribution in [3.8, 4) is 0 Å². The standard InChI is InChI=1S/C9H21N.H2/c1-5-6-10-9(4)7-8(2)3;/h8-10H,5-7H2,1-4H3;1H/t9-;/m1./s1. The van der Waals surface area contributed by atoms with Crippen molar-refractivity contribution >= 4 is 0 Å². The lowest BCUT2D eigenvalue weighted by Crippen LogP contribution is -2.27. The van der Waals surface area contributed by atoms with Crippen molar-refractivity contribution in [1.82, 2.24) is 5.32 Å². The van der Waals surface area contributed by atoms with Crippen molar-refractivity contribution in [2.45, 2.75) is 46.6 Å². The Morgan fingerprint density at radius 2 is 1.90 bits per heavy atom. The summed E-state index contributed by atoms with van der Waals surface area (Å²) in [6.45, 7) is 10.2. The minimum atomic E-state index is 0. The highest BCUT2D eigenvalue weighted by molar-refractivity contribution is 4.61. The highest BCUT2D eigenvalue weighted by atomic mass is 14.9. The molecule has 0 radical (unpaired) electrons. The van der Waals surface area contributed by atoms with Crippen molar-refractivity contribution in [3.63, 3.8) is 0 Å². The van der Waals surface area contributed by atoms with E-state index in [1.54, 1.807) is 0 Å². The Morgan fingerprint density at radius 3 is 2.30 bits per heavy atom. The van der Waals surface area contributed by atoms with E-state index in [-0.39, 0.29) is 1.43 Å². The van der Waals surface area contributed by atoms with Crippen LogP contribution in [0.3, 0.4) is 0 Å². The quantitative estimate of drug-likeness (QED) is 0.627. The zero-order valence-corrected chi connectivity index (χ0v) is 7.78. The monoisotopic (exact) mass is 145 g/mol. The molecule has 1 nitrogen and oxygen atoms in total. The summed E-state index contributed by atoms with van der Waals surface area (Å²) in [5.41, 5.74) is 0. The fourth-order valence-corrected chi connectivity index (χ4v) is 1.18. The van der Waals surface area contributed by atoms with E-state index in [1.165, 1.54) is 12.8 Å². The summed E-state index contributed by atoms with van der Waals surface area (Å²) in [7, 11) is 0. The highest BCUT2D eigenvalue weighted by Gasteiger charge is 2.01. The fraction of sp³-hybridized carbons (Fsp3) is 1.00. The Labute approximate surface area is 66.7 Å². The summed E-state index contributed by atoms with van der Waals surface area (Å²) in [6, 6.07) is 0.694. The molecule has 0 aromatic heterocycles. The molecule has 0 spiro atoms. The van der Waals surface area contributed by atoms with Crippen LogP contribution in [-0.4, -0.2) is 12.6 Å². The van der Waals surface area contributed by atoms with Gasteiger partial charge in [0, 0.05) is 7.47 Å². The lowest BCUT2D eigenvalue weighted by molar-refractivity contribution is 0.443. The Hall–Kier alpha value is -0.0400. The normalized spacial score (nSPS) is 14.1. The van der Waals surface area contributed by atoms with E-state index >= 15 is 0 Å². The largest absolute Gasteiger partial charge is 0.314 e. The maximum Gasteiger partial charge on any atom is 0.00411 e. The molecule has 0 saturated heterocycles. The van der Waals surface area contributed by atoms with Gasteiger partial charge in [0.05, 0.1) is 0 Å². The lowest BCUT2D eigenvalue weighted by atomic mass is 10.1. The van der Waals surface area contributed by atoms with Gasteiger partial charge in [0.2, 0.25) is 0 Å². The molecule has 0 aliphatic heterocycles. The molecule has 0 aliphatic rings. The third-order valence-corrected chi connectivity index (χ3v) is 1.57. The van der Waals surface area contributed by atoms with Crippen LogP contribution >= 0.6 is 0 Å². The molecule has 0 bridgehead atoms. The number of hydrogen-bond acceptors (Lipinski definition) is 1. The van der Waals surface area contributed by atoms with Crippen LogP contribution < -0.4 is 5.32 Å². The molecule has 64 valence electrons. The van der Waals surface area contributed by atoms with Crippen LogP contribution in [-0.2, 0) is 0 Å². The second-order valence-corrected chi connectivity index (χ2v) is 3.48. The van der Waals surface area contributed by atoms with E-state index < -0.39 is 0 Å². The molecule has 1 atom stereocenters. The van der Waals surface area contributed by atoms with E-state index in [4.69, 9.17) is 0 Å². The van der Waals surface area contributed by atoms with Crippen LogP contribution in [0.2, 0.25) is 0 Å². The van der Waals surface area contributed by atoms with Crippen molar-refractivity contribution in [1.29, 1.82) is 0 Å². The molecule has 0 amide bonds. The van der Waals surface area contributed by atoms with Gasteiger partial charge >= 0.3 is 0 Å². The molecule has 0 rings (SSSR count). The van der Waals surface area contributed by atoms with Crippen molar-refractivity contribution in [2.75, 3.05) is 6.54 Å². The van der Waals surface area contributed by atoms with Gasteiger partial charge in [-0.15, -0.1) is 0 Å². The molecular formula is C9H23N. The van der Waals surface area contributed by atoms with Crippen molar-refractivity contribution in [3.05, 3.63) is 0 Å².